The van der Waals surface area contributed by atoms with Gasteiger partial charge in [0.15, 0.2) is 0 Å². The van der Waals surface area contributed by atoms with Gasteiger partial charge in [0.05, 0.1) is 0 Å². The molecule has 1 radical (unpaired) electrons. The first-order valence-corrected chi connectivity index (χ1v) is 9.82. The number of rotatable bonds is 12. The van der Waals surface area contributed by atoms with Gasteiger partial charge in [-0.05, 0) is 17.9 Å². The predicted octanol–water partition coefficient (Wildman–Crippen LogP) is 5.22. The summed E-state index contributed by atoms with van der Waals surface area (Å²) in [7, 11) is 0.102. The molecule has 0 amide bonds. The fourth-order valence-electron chi connectivity index (χ4n) is 2.50. The molecule has 107 valence electrons. The summed E-state index contributed by atoms with van der Waals surface area (Å²) >= 11 is 0. The van der Waals surface area contributed by atoms with Crippen molar-refractivity contribution >= 4 is 16.4 Å². The van der Waals surface area contributed by atoms with Gasteiger partial charge in [-0.15, -0.1) is 0 Å². The molecule has 1 heterocycles. The van der Waals surface area contributed by atoms with Crippen LogP contribution in [0.1, 0.15) is 77.6 Å². The van der Waals surface area contributed by atoms with Crippen LogP contribution in [0.5, 0.6) is 0 Å². The van der Waals surface area contributed by atoms with Crippen LogP contribution in [-0.2, 0) is 0 Å². The van der Waals surface area contributed by atoms with Crippen molar-refractivity contribution in [1.29, 1.82) is 0 Å². The first kappa shape index (κ1) is 16.1. The molecule has 0 bridgehead atoms. The van der Waals surface area contributed by atoms with Gasteiger partial charge < -0.3 is 0 Å². The molecule has 0 aromatic heterocycles. The van der Waals surface area contributed by atoms with E-state index in [1.807, 2.05) is 0 Å². The quantitative estimate of drug-likeness (QED) is 0.369. The maximum atomic E-state index is 4.21. The van der Waals surface area contributed by atoms with E-state index in [1.165, 1.54) is 82.1 Å². The van der Waals surface area contributed by atoms with Gasteiger partial charge in [0.2, 0.25) is 0 Å². The average Bonchev–Trinajstić information content (AvgIpc) is 2.89. The smallest absolute Gasteiger partial charge is 0.101 e. The predicted molar refractivity (Wildman–Crippen MR) is 87.5 cm³/mol. The van der Waals surface area contributed by atoms with Crippen molar-refractivity contribution in [1.82, 2.24) is 0 Å². The lowest BCUT2D eigenvalue weighted by atomic mass is 10.1. The van der Waals surface area contributed by atoms with Crippen molar-refractivity contribution in [3.63, 3.8) is 0 Å². The van der Waals surface area contributed by atoms with E-state index in [1.54, 1.807) is 0 Å². The molecule has 1 aliphatic rings. The highest BCUT2D eigenvalue weighted by molar-refractivity contribution is 8.28. The lowest BCUT2D eigenvalue weighted by Crippen LogP contribution is -1.92. The Hall–Kier alpha value is 0.0200. The standard InChI is InChI=1S/C16H32NS/c1-2-3-4-5-6-7-8-9-10-11-12-14-18-15-13-17-16-18/h18H,2-15H2,1H3. The molecule has 0 spiro atoms. The van der Waals surface area contributed by atoms with Crippen molar-refractivity contribution in [2.24, 2.45) is 4.99 Å². The summed E-state index contributed by atoms with van der Waals surface area (Å²) in [5, 5.41) is 0. The van der Waals surface area contributed by atoms with Crippen molar-refractivity contribution in [3.05, 3.63) is 0 Å². The molecule has 1 nitrogen and oxygen atoms in total. The van der Waals surface area contributed by atoms with E-state index in [9.17, 15) is 0 Å². The molecule has 1 atom stereocenters. The minimum atomic E-state index is 0.102. The summed E-state index contributed by atoms with van der Waals surface area (Å²) in [4.78, 5) is 4.21. The van der Waals surface area contributed by atoms with E-state index >= 15 is 0 Å². The minimum absolute atomic E-state index is 0.102. The Labute approximate surface area is 117 Å². The Morgan fingerprint density at radius 1 is 0.833 bits per heavy atom. The molecular formula is C16H32NS. The Morgan fingerprint density at radius 2 is 1.39 bits per heavy atom. The SMILES string of the molecule is CCCCCCCCCCCCC[SH]1[C]=NCC1. The zero-order valence-corrected chi connectivity index (χ0v) is 13.2. The van der Waals surface area contributed by atoms with Crippen LogP contribution in [-0.4, -0.2) is 23.6 Å². The molecule has 0 aliphatic carbocycles. The topological polar surface area (TPSA) is 12.4 Å². The van der Waals surface area contributed by atoms with Crippen LogP contribution in [0.2, 0.25) is 0 Å². The van der Waals surface area contributed by atoms with Crippen LogP contribution in [0.3, 0.4) is 0 Å². The molecule has 1 rings (SSSR count). The van der Waals surface area contributed by atoms with Gasteiger partial charge in [0.25, 0.3) is 0 Å². The summed E-state index contributed by atoms with van der Waals surface area (Å²) in [6, 6.07) is 0. The number of aliphatic imine (C=N–C) groups is 1. The van der Waals surface area contributed by atoms with Crippen LogP contribution >= 0.6 is 10.9 Å². The summed E-state index contributed by atoms with van der Waals surface area (Å²) < 4.78 is 0. The normalized spacial score (nSPS) is 20.6. The maximum absolute atomic E-state index is 4.21. The van der Waals surface area contributed by atoms with E-state index in [2.05, 4.69) is 17.5 Å². The molecule has 0 saturated heterocycles. The van der Waals surface area contributed by atoms with Gasteiger partial charge in [0.1, 0.15) is 5.55 Å². The fourth-order valence-corrected chi connectivity index (χ4v) is 4.17. The number of unbranched alkanes of at least 4 members (excludes halogenated alkanes) is 10. The lowest BCUT2D eigenvalue weighted by molar-refractivity contribution is 0.555. The molecular weight excluding hydrogens is 238 g/mol. The minimum Gasteiger partial charge on any atom is -0.277 e. The largest absolute Gasteiger partial charge is 0.277 e. The van der Waals surface area contributed by atoms with Gasteiger partial charge in [-0.1, -0.05) is 71.1 Å². The molecule has 0 N–H and O–H groups in total. The molecule has 1 aliphatic heterocycles. The molecule has 2 heteroatoms. The highest BCUT2D eigenvalue weighted by Crippen LogP contribution is 2.27. The van der Waals surface area contributed by atoms with Gasteiger partial charge in [-0.25, -0.2) is 10.9 Å². The summed E-state index contributed by atoms with van der Waals surface area (Å²) in [5.74, 6) is 2.73. The zero-order valence-electron chi connectivity index (χ0n) is 12.3. The monoisotopic (exact) mass is 270 g/mol. The fraction of sp³-hybridized carbons (Fsp3) is 0.938. The van der Waals surface area contributed by atoms with Crippen LogP contribution in [0.4, 0.5) is 0 Å². The Balaban J connectivity index is 1.69. The average molecular weight is 271 g/mol. The lowest BCUT2D eigenvalue weighted by Gasteiger charge is -2.09. The van der Waals surface area contributed by atoms with Crippen LogP contribution in [0, 0.1) is 0 Å². The maximum Gasteiger partial charge on any atom is 0.101 e. The highest BCUT2D eigenvalue weighted by atomic mass is 32.2. The van der Waals surface area contributed by atoms with Gasteiger partial charge in [-0.2, -0.15) is 0 Å². The van der Waals surface area contributed by atoms with Crippen molar-refractivity contribution in [2.75, 3.05) is 18.1 Å². The molecule has 0 fully saturated rings. The second-order valence-electron chi connectivity index (χ2n) is 5.50. The first-order chi connectivity index (χ1) is 8.93. The Morgan fingerprint density at radius 3 is 1.89 bits per heavy atom. The third-order valence-corrected chi connectivity index (χ3v) is 5.75. The first-order valence-electron chi connectivity index (χ1n) is 8.10. The molecule has 0 saturated carbocycles. The number of hydrogen-bond donors (Lipinski definition) is 1. The third-order valence-electron chi connectivity index (χ3n) is 3.73. The second-order valence-corrected chi connectivity index (χ2v) is 7.68. The van der Waals surface area contributed by atoms with Crippen molar-refractivity contribution in [2.45, 2.75) is 77.6 Å². The highest BCUT2D eigenvalue weighted by Gasteiger charge is 2.05. The van der Waals surface area contributed by atoms with Gasteiger partial charge in [0, 0.05) is 6.54 Å². The van der Waals surface area contributed by atoms with Crippen LogP contribution in [0.15, 0.2) is 4.99 Å². The van der Waals surface area contributed by atoms with Gasteiger partial charge in [-0.3, -0.25) is 4.99 Å². The molecule has 0 aromatic carbocycles. The van der Waals surface area contributed by atoms with E-state index in [-0.39, 0.29) is 10.9 Å². The van der Waals surface area contributed by atoms with E-state index in [0.29, 0.717) is 0 Å². The molecule has 18 heavy (non-hydrogen) atoms. The zero-order chi connectivity index (χ0) is 12.9. The third kappa shape index (κ3) is 9.02. The Kier molecular flexibility index (Phi) is 10.8. The summed E-state index contributed by atoms with van der Waals surface area (Å²) in [6.45, 7) is 3.35. The summed E-state index contributed by atoms with van der Waals surface area (Å²) in [6.07, 6.45) is 15.9. The molecule has 1 unspecified atom stereocenters. The number of nitrogens with zero attached hydrogens (tertiary/aromatic N) is 1. The van der Waals surface area contributed by atoms with Crippen molar-refractivity contribution < 1.29 is 0 Å². The van der Waals surface area contributed by atoms with Crippen LogP contribution < -0.4 is 0 Å². The van der Waals surface area contributed by atoms with E-state index in [4.69, 9.17) is 0 Å². The molecule has 0 aromatic rings. The van der Waals surface area contributed by atoms with E-state index < -0.39 is 0 Å². The van der Waals surface area contributed by atoms with Crippen molar-refractivity contribution in [3.8, 4) is 0 Å². The van der Waals surface area contributed by atoms with Crippen LogP contribution in [0.25, 0.3) is 0 Å². The number of hydrogen-bond acceptors (Lipinski definition) is 1. The number of thiol groups is 1. The summed E-state index contributed by atoms with van der Waals surface area (Å²) in [5.41, 5.74) is 3.28. The Bertz CT molecular complexity index is 203. The van der Waals surface area contributed by atoms with E-state index in [0.717, 1.165) is 6.54 Å². The second kappa shape index (κ2) is 12.1. The van der Waals surface area contributed by atoms with Gasteiger partial charge >= 0.3 is 0 Å².